The fourth-order valence-electron chi connectivity index (χ4n) is 3.32. The Morgan fingerprint density at radius 2 is 1.74 bits per heavy atom. The summed E-state index contributed by atoms with van der Waals surface area (Å²) in [5.74, 6) is -0.497. The summed E-state index contributed by atoms with van der Waals surface area (Å²) in [6, 6.07) is 12.3. The van der Waals surface area contributed by atoms with Crippen LogP contribution in [0.1, 0.15) is 18.1 Å². The number of ether oxygens (including phenoxy) is 2. The van der Waals surface area contributed by atoms with Gasteiger partial charge in [0.25, 0.3) is 11.8 Å². The molecule has 0 fully saturated rings. The highest BCUT2D eigenvalue weighted by atomic mass is 16.5. The topological polar surface area (TPSA) is 97.0 Å². The van der Waals surface area contributed by atoms with E-state index in [4.69, 9.17) is 9.47 Å². The van der Waals surface area contributed by atoms with E-state index in [2.05, 4.69) is 10.6 Å². The van der Waals surface area contributed by atoms with Crippen molar-refractivity contribution in [3.05, 3.63) is 59.3 Å². The van der Waals surface area contributed by atoms with E-state index in [1.54, 1.807) is 37.4 Å². The van der Waals surface area contributed by atoms with Crippen molar-refractivity contribution in [1.82, 2.24) is 4.90 Å². The minimum absolute atomic E-state index is 0.137. The van der Waals surface area contributed by atoms with Gasteiger partial charge in [-0.3, -0.25) is 19.3 Å². The summed E-state index contributed by atoms with van der Waals surface area (Å²) >= 11 is 0. The number of methoxy groups -OCH3 is 2. The maximum absolute atomic E-state index is 13.2. The highest BCUT2D eigenvalue weighted by Gasteiger charge is 2.39. The van der Waals surface area contributed by atoms with Gasteiger partial charge in [-0.1, -0.05) is 18.2 Å². The molecule has 2 N–H and O–H groups in total. The fraction of sp³-hybridized carbons (Fsp3) is 0.261. The molecule has 0 saturated carbocycles. The molecule has 0 bridgehead atoms. The van der Waals surface area contributed by atoms with Crippen molar-refractivity contribution in [3.8, 4) is 5.75 Å². The van der Waals surface area contributed by atoms with Crippen LogP contribution in [0.5, 0.6) is 5.75 Å². The Hall–Kier alpha value is -3.65. The number of rotatable bonds is 8. The van der Waals surface area contributed by atoms with Crippen molar-refractivity contribution in [1.29, 1.82) is 0 Å². The van der Waals surface area contributed by atoms with Gasteiger partial charge in [0.05, 0.1) is 31.5 Å². The molecule has 31 heavy (non-hydrogen) atoms. The average molecular weight is 423 g/mol. The van der Waals surface area contributed by atoms with Crippen molar-refractivity contribution in [2.75, 3.05) is 38.0 Å². The first-order valence-corrected chi connectivity index (χ1v) is 9.74. The van der Waals surface area contributed by atoms with Gasteiger partial charge in [0, 0.05) is 19.7 Å². The van der Waals surface area contributed by atoms with E-state index < -0.39 is 11.8 Å². The van der Waals surface area contributed by atoms with Crippen LogP contribution in [-0.2, 0) is 19.1 Å². The smallest absolute Gasteiger partial charge is 0.278 e. The Kier molecular flexibility index (Phi) is 6.71. The molecule has 0 radical (unpaired) electrons. The molecule has 1 aliphatic heterocycles. The second-order valence-corrected chi connectivity index (χ2v) is 7.09. The van der Waals surface area contributed by atoms with Gasteiger partial charge in [0.15, 0.2) is 0 Å². The van der Waals surface area contributed by atoms with Crippen molar-refractivity contribution < 1.29 is 23.9 Å². The number of aryl methyl sites for hydroxylation is 1. The van der Waals surface area contributed by atoms with Gasteiger partial charge in [-0.2, -0.15) is 0 Å². The van der Waals surface area contributed by atoms with Gasteiger partial charge in [-0.05, 0) is 42.3 Å². The summed E-state index contributed by atoms with van der Waals surface area (Å²) in [6.45, 7) is 3.71. The van der Waals surface area contributed by atoms with E-state index in [0.29, 0.717) is 22.7 Å². The lowest BCUT2D eigenvalue weighted by Crippen LogP contribution is -2.35. The molecule has 2 aromatic carbocycles. The van der Waals surface area contributed by atoms with Crippen LogP contribution in [0.2, 0.25) is 0 Å². The first-order chi connectivity index (χ1) is 14.8. The first-order valence-electron chi connectivity index (χ1n) is 9.74. The molecule has 2 aromatic rings. The molecule has 0 aliphatic carbocycles. The van der Waals surface area contributed by atoms with Crippen LogP contribution in [0.4, 0.5) is 11.4 Å². The zero-order valence-corrected chi connectivity index (χ0v) is 17.9. The third kappa shape index (κ3) is 4.75. The molecular formula is C23H25N3O5. The van der Waals surface area contributed by atoms with Crippen molar-refractivity contribution in [3.63, 3.8) is 0 Å². The molecule has 0 aromatic heterocycles. The van der Waals surface area contributed by atoms with Crippen LogP contribution >= 0.6 is 0 Å². The van der Waals surface area contributed by atoms with Crippen LogP contribution < -0.4 is 15.4 Å². The number of hydrogen-bond acceptors (Lipinski definition) is 6. The van der Waals surface area contributed by atoms with Crippen molar-refractivity contribution in [2.24, 2.45) is 0 Å². The first kappa shape index (κ1) is 22.0. The SMILES string of the molecule is COCCN1C(=O)C(Nc2cc(C)ccc2OC)=C(c2ccc(NC(C)=O)cc2)C1=O. The Morgan fingerprint density at radius 1 is 1.03 bits per heavy atom. The summed E-state index contributed by atoms with van der Waals surface area (Å²) < 4.78 is 10.5. The van der Waals surface area contributed by atoms with Crippen LogP contribution in [0.15, 0.2) is 48.2 Å². The molecule has 8 nitrogen and oxygen atoms in total. The van der Waals surface area contributed by atoms with E-state index in [9.17, 15) is 14.4 Å². The Morgan fingerprint density at radius 3 is 2.35 bits per heavy atom. The molecule has 0 unspecified atom stereocenters. The van der Waals surface area contributed by atoms with Gasteiger partial charge < -0.3 is 20.1 Å². The number of imide groups is 1. The predicted molar refractivity (Wildman–Crippen MR) is 118 cm³/mol. The zero-order chi connectivity index (χ0) is 22.5. The number of nitrogens with one attached hydrogen (secondary N) is 2. The largest absolute Gasteiger partial charge is 0.495 e. The minimum atomic E-state index is -0.438. The summed E-state index contributed by atoms with van der Waals surface area (Å²) in [7, 11) is 3.05. The fourth-order valence-corrected chi connectivity index (χ4v) is 3.32. The van der Waals surface area contributed by atoms with Crippen LogP contribution in [0.25, 0.3) is 5.57 Å². The molecule has 1 heterocycles. The van der Waals surface area contributed by atoms with E-state index in [1.807, 2.05) is 19.1 Å². The number of amides is 3. The number of anilines is 2. The third-order valence-electron chi connectivity index (χ3n) is 4.80. The molecular weight excluding hydrogens is 398 g/mol. The molecule has 162 valence electrons. The van der Waals surface area contributed by atoms with Crippen LogP contribution in [-0.4, -0.2) is 50.0 Å². The molecule has 3 amide bonds. The van der Waals surface area contributed by atoms with E-state index in [-0.39, 0.29) is 30.3 Å². The number of nitrogens with zero attached hydrogens (tertiary/aromatic N) is 1. The lowest BCUT2D eigenvalue weighted by atomic mass is 10.0. The maximum atomic E-state index is 13.2. The van der Waals surface area contributed by atoms with E-state index >= 15 is 0 Å². The van der Waals surface area contributed by atoms with Crippen LogP contribution in [0, 0.1) is 6.92 Å². The van der Waals surface area contributed by atoms with Crippen LogP contribution in [0.3, 0.4) is 0 Å². The zero-order valence-electron chi connectivity index (χ0n) is 17.9. The number of carbonyl (C=O) groups excluding carboxylic acids is 3. The molecule has 1 aliphatic rings. The van der Waals surface area contributed by atoms with Gasteiger partial charge in [0.2, 0.25) is 5.91 Å². The number of carbonyl (C=O) groups is 3. The summed E-state index contributed by atoms with van der Waals surface area (Å²) in [4.78, 5) is 38.7. The summed E-state index contributed by atoms with van der Waals surface area (Å²) in [6.07, 6.45) is 0. The number of hydrogen-bond donors (Lipinski definition) is 2. The lowest BCUT2D eigenvalue weighted by Gasteiger charge is -2.15. The van der Waals surface area contributed by atoms with E-state index in [0.717, 1.165) is 10.5 Å². The molecule has 0 atom stereocenters. The van der Waals surface area contributed by atoms with Gasteiger partial charge in [-0.25, -0.2) is 0 Å². The minimum Gasteiger partial charge on any atom is -0.495 e. The second kappa shape index (κ2) is 9.44. The summed E-state index contributed by atoms with van der Waals surface area (Å²) in [5.41, 5.74) is 3.12. The summed E-state index contributed by atoms with van der Waals surface area (Å²) in [5, 5.41) is 5.80. The standard InChI is InChI=1S/C23H25N3O5/c1-14-5-10-19(31-4)18(13-14)25-21-20(22(28)26(23(21)29)11-12-30-3)16-6-8-17(9-7-16)24-15(2)27/h5-10,13,25H,11-12H2,1-4H3,(H,24,27). The van der Waals surface area contributed by atoms with Crippen molar-refractivity contribution >= 4 is 34.7 Å². The lowest BCUT2D eigenvalue weighted by molar-refractivity contribution is -0.137. The Labute approximate surface area is 180 Å². The highest BCUT2D eigenvalue weighted by Crippen LogP contribution is 2.34. The molecule has 0 spiro atoms. The molecule has 3 rings (SSSR count). The monoisotopic (exact) mass is 423 g/mol. The number of benzene rings is 2. The van der Waals surface area contributed by atoms with Crippen molar-refractivity contribution in [2.45, 2.75) is 13.8 Å². The maximum Gasteiger partial charge on any atom is 0.278 e. The third-order valence-corrected chi connectivity index (χ3v) is 4.80. The predicted octanol–water partition coefficient (Wildman–Crippen LogP) is 2.80. The Balaban J connectivity index is 2.05. The van der Waals surface area contributed by atoms with Gasteiger partial charge in [0.1, 0.15) is 11.4 Å². The normalized spacial score (nSPS) is 13.6. The van der Waals surface area contributed by atoms with E-state index in [1.165, 1.54) is 14.0 Å². The quantitative estimate of drug-likeness (QED) is 0.634. The van der Waals surface area contributed by atoms with Gasteiger partial charge in [-0.15, -0.1) is 0 Å². The molecule has 0 saturated heterocycles. The van der Waals surface area contributed by atoms with Gasteiger partial charge >= 0.3 is 0 Å². The Bertz CT molecular complexity index is 1040. The highest BCUT2D eigenvalue weighted by molar-refractivity contribution is 6.36. The average Bonchev–Trinajstić information content (AvgIpc) is 2.96. The second-order valence-electron chi connectivity index (χ2n) is 7.09. The molecule has 8 heteroatoms.